The first-order valence-electron chi connectivity index (χ1n) is 51.4. The minimum atomic E-state index is -2.51. The number of esters is 1. The Labute approximate surface area is 846 Å². The van der Waals surface area contributed by atoms with Crippen molar-refractivity contribution in [2.45, 2.75) is 383 Å². The van der Waals surface area contributed by atoms with Crippen LogP contribution >= 0.6 is 0 Å². The lowest BCUT2D eigenvalue weighted by atomic mass is 9.81. The molecule has 36 nitrogen and oxygen atoms in total. The largest absolute Gasteiger partial charge is 0.456 e. The van der Waals surface area contributed by atoms with Gasteiger partial charge in [-0.15, -0.1) is 6.58 Å². The molecule has 1 saturated carbocycles. The number of nitrogens with one attached hydrogen (secondary N) is 4. The number of aliphatic hydroxyl groups is 4. The Hall–Kier alpha value is -8.91. The van der Waals surface area contributed by atoms with E-state index in [1.807, 2.05) is 94.4 Å². The number of cyclic esters (lactones) is 1. The molecule has 5 aliphatic rings. The summed E-state index contributed by atoms with van der Waals surface area (Å²) in [5.74, 6) is -17.5. The Bertz CT molecular complexity index is 4330. The molecule has 0 spiro atoms. The Kier molecular flexibility index (Phi) is 51.1. The van der Waals surface area contributed by atoms with Crippen molar-refractivity contribution in [3.8, 4) is 0 Å². The highest BCUT2D eigenvalue weighted by Gasteiger charge is 2.58. The molecule has 0 aromatic heterocycles. The number of fused-ring (bicyclic) bond motifs is 3. The molecule has 0 unspecified atom stereocenters. The van der Waals surface area contributed by atoms with Gasteiger partial charge in [-0.2, -0.15) is 0 Å². The van der Waals surface area contributed by atoms with Crippen LogP contribution in [-0.4, -0.2) is 353 Å². The summed E-state index contributed by atoms with van der Waals surface area (Å²) in [6, 6.07) is -13.5. The molecule has 0 radical (unpaired) electrons. The molecule has 8 N–H and O–H groups in total. The van der Waals surface area contributed by atoms with Gasteiger partial charge in [0.15, 0.2) is 0 Å². The second-order valence-corrected chi connectivity index (χ2v) is 43.4. The summed E-state index contributed by atoms with van der Waals surface area (Å²) in [4.78, 5) is 226. The van der Waals surface area contributed by atoms with Crippen molar-refractivity contribution in [1.82, 2.24) is 60.5 Å². The predicted octanol–water partition coefficient (Wildman–Crippen LogP) is 7.91. The Balaban J connectivity index is 0.000000637. The summed E-state index contributed by atoms with van der Waals surface area (Å²) in [6.45, 7) is 42.5. The molecule has 4 fully saturated rings. The highest BCUT2D eigenvalue weighted by atomic mass is 16.7. The lowest BCUT2D eigenvalue weighted by molar-refractivity contribution is -0.302. The van der Waals surface area contributed by atoms with E-state index in [0.29, 0.717) is 63.4 Å². The number of aliphatic hydroxyl groups excluding tert-OH is 3. The van der Waals surface area contributed by atoms with E-state index in [4.69, 9.17) is 23.7 Å². The number of Topliss-reactive ketones (excluding diaryl/α,β-unsaturated/α-hetero) is 2. The molecule has 808 valence electrons. The molecule has 2 bridgehead atoms. The molecule has 4 heterocycles. The van der Waals surface area contributed by atoms with E-state index < -0.39 is 240 Å². The van der Waals surface area contributed by atoms with Crippen molar-refractivity contribution < 1.29 is 116 Å². The van der Waals surface area contributed by atoms with Gasteiger partial charge in [0.25, 0.3) is 11.7 Å². The van der Waals surface area contributed by atoms with E-state index in [1.165, 1.54) is 107 Å². The first kappa shape index (κ1) is 125. The number of hydrogen-bond acceptors (Lipinski definition) is 24. The number of carbonyl (C=O) groups excluding carboxylic acids is 15. The number of rotatable bonds is 22. The van der Waals surface area contributed by atoms with E-state index in [2.05, 4.69) is 27.8 Å². The Morgan fingerprint density at radius 1 is 0.570 bits per heavy atom. The summed E-state index contributed by atoms with van der Waals surface area (Å²) in [5.41, 5.74) is 1.61. The van der Waals surface area contributed by atoms with Gasteiger partial charge in [-0.1, -0.05) is 154 Å². The van der Waals surface area contributed by atoms with Gasteiger partial charge in [0.05, 0.1) is 43.2 Å². The fraction of sp³-hybridized carbons (Fsp3) is 0.783. The fourth-order valence-corrected chi connectivity index (χ4v) is 20.1. The molecule has 4 aliphatic heterocycles. The maximum absolute atomic E-state index is 15.1. The second-order valence-electron chi connectivity index (χ2n) is 43.4. The average Bonchev–Trinajstić information content (AvgIpc) is 0.772. The lowest BCUT2D eigenvalue weighted by Gasteiger charge is -2.47. The normalized spacial score (nSPS) is 32.5. The standard InChI is InChI=1S/C62H111N11O12.C44H69NO12/c1-25-27-28-40(15)52(75)51-56(79)65-43(26-2)58(81)67(18)33-48(74)68(19)44(29-34(3)4)55(78)66-49(38(11)12)61(84)69(20)45(30-35(5)6)54(77)63-41(16)53(76)64-42(17)57(80)70(21)46(31-36(7)8)59(82)71(22)47(32-37(9)10)60(83)72(23)50(39(13)14)62(85)73(51)24;1-10-13-31-19-25(2)18-26(3)20-37(54-8)40-38(55-9)22-28(5)44(52,57-40)41(49)42(50)45-17-12-11-14-32(45)43(51)56-39(29(6)34(47)24-35(31)48)27(4)21-30-15-16-33(46)36(23-30)53-7/h25,27,34-47,49-52,75H,26,28-33H2,1-24H3,(H,63,77)(H,64,76)(H,65,79)(H,66,78);10,19,21,26,28-34,36-40,46-47,52H,1,11-18,20,22-24H2,2-9H3/b27-25+;25-19+,27-21+/t40-,41+,42-,43+,44+,45+,46+,47+,49+,50+,51+,52-;26-,28+,29+,30-,31+,32-,33+,34-,36+,37-,38-,39+,40+,44+/m10/s1. The van der Waals surface area contributed by atoms with Gasteiger partial charge in [-0.3, -0.25) is 67.1 Å². The molecule has 36 heteroatoms. The van der Waals surface area contributed by atoms with E-state index in [9.17, 15) is 82.8 Å². The zero-order valence-electron chi connectivity index (χ0n) is 91.5. The summed E-state index contributed by atoms with van der Waals surface area (Å²) in [5, 5.41) is 57.2. The minimum Gasteiger partial charge on any atom is -0.456 e. The monoisotopic (exact) mass is 2010 g/mol. The molecule has 3 saturated heterocycles. The van der Waals surface area contributed by atoms with Gasteiger partial charge in [0.2, 0.25) is 70.8 Å². The number of ether oxygens (including phenoxy) is 5. The van der Waals surface area contributed by atoms with E-state index >= 15 is 9.59 Å². The van der Waals surface area contributed by atoms with Crippen LogP contribution in [0.4, 0.5) is 0 Å². The van der Waals surface area contributed by atoms with Crippen LogP contribution in [0.1, 0.15) is 261 Å². The van der Waals surface area contributed by atoms with Crippen LogP contribution in [0.3, 0.4) is 0 Å². The van der Waals surface area contributed by atoms with Gasteiger partial charge in [-0.25, -0.2) is 4.79 Å². The average molecular weight is 2010 g/mol. The number of nitrogens with zero attached hydrogens (tertiary/aromatic N) is 8. The van der Waals surface area contributed by atoms with E-state index in [-0.39, 0.29) is 105 Å². The smallest absolute Gasteiger partial charge is 0.329 e. The van der Waals surface area contributed by atoms with Crippen LogP contribution in [0.2, 0.25) is 0 Å². The third kappa shape index (κ3) is 34.1. The van der Waals surface area contributed by atoms with Crippen LogP contribution in [0.5, 0.6) is 0 Å². The number of hydrogen-bond donors (Lipinski definition) is 8. The van der Waals surface area contributed by atoms with Crippen molar-refractivity contribution >= 4 is 88.4 Å². The second kappa shape index (κ2) is 57.8. The molecular weight excluding hydrogens is 1830 g/mol. The number of piperidine rings is 1. The van der Waals surface area contributed by atoms with Gasteiger partial charge in [0.1, 0.15) is 84.5 Å². The first-order valence-corrected chi connectivity index (χ1v) is 51.4. The SMILES string of the molecule is C/C=C/C[C@@H](C)[C@@H](O)[C@H]1C(=O)N[C@@H](CC)C(=O)N(C)CC(=O)N(C)[C@@H](CC(C)C)C(=O)N[C@@H](C(C)C)C(=O)N(C)[C@@H](CC(C)C)C(=O)N[C@@H](C)C(=O)N[C@H](C)C(=O)N(C)[C@@H](CC(C)C)C(=O)N(C)[C@@H](CC(C)C)C(=O)N(C)[C@@H](C(C)C)C(=O)N1C.C=CC[C@@H]1/C=C(\C)C[C@H](C)C[C@H](OC)[C@H]2O[C@@](O)(C(=O)C(=O)N3CCCC[C@H]3C(=O)O[C@H](/C(C)=C/[C@@H]3CC[C@@H](O)[C@H](OC)C3)[C@H](C)[C@@H](O)CC1=O)[C@H](C)C[C@@H]2OC. The fourth-order valence-electron chi connectivity index (χ4n) is 20.1. The third-order valence-corrected chi connectivity index (χ3v) is 29.0. The quantitative estimate of drug-likeness (QED) is 0.0290. The predicted molar refractivity (Wildman–Crippen MR) is 541 cm³/mol. The molecule has 0 aromatic carbocycles. The Morgan fingerprint density at radius 2 is 1.08 bits per heavy atom. The van der Waals surface area contributed by atoms with Crippen LogP contribution in [0, 0.1) is 71.0 Å². The van der Waals surface area contributed by atoms with E-state index in [1.54, 1.807) is 81.6 Å². The van der Waals surface area contributed by atoms with Crippen molar-refractivity contribution in [2.75, 3.05) is 83.8 Å². The number of allylic oxidation sites excluding steroid dienone is 6. The molecule has 26 atom stereocenters. The summed E-state index contributed by atoms with van der Waals surface area (Å²) >= 11 is 0. The van der Waals surface area contributed by atoms with Gasteiger partial charge < -0.3 is 105 Å². The highest BCUT2D eigenvalue weighted by Crippen LogP contribution is 2.41. The number of likely N-dealkylation sites (N-methyl/N-ethyl adjacent to an activating group) is 7. The molecule has 0 aromatic rings. The summed E-state index contributed by atoms with van der Waals surface area (Å²) < 4.78 is 29.7. The van der Waals surface area contributed by atoms with Crippen LogP contribution in [0.25, 0.3) is 0 Å². The van der Waals surface area contributed by atoms with Crippen LogP contribution in [0.15, 0.2) is 48.1 Å². The van der Waals surface area contributed by atoms with E-state index in [0.717, 1.165) is 15.4 Å². The van der Waals surface area contributed by atoms with Crippen LogP contribution < -0.4 is 21.3 Å². The topological polar surface area (TPSA) is 457 Å². The zero-order valence-corrected chi connectivity index (χ0v) is 91.5. The van der Waals surface area contributed by atoms with Crippen molar-refractivity contribution in [3.05, 3.63) is 48.1 Å². The zero-order chi connectivity index (χ0) is 108. The molecular formula is C106H180N12O24. The minimum absolute atomic E-state index is 0.00988. The molecule has 1 aliphatic carbocycles. The van der Waals surface area contributed by atoms with Gasteiger partial charge in [-0.05, 0) is 196 Å². The highest BCUT2D eigenvalue weighted by molar-refractivity contribution is 6.39. The van der Waals surface area contributed by atoms with Crippen molar-refractivity contribution in [2.24, 2.45) is 71.0 Å². The first-order chi connectivity index (χ1) is 66.2. The van der Waals surface area contributed by atoms with Crippen molar-refractivity contribution in [3.63, 3.8) is 0 Å². The lowest BCUT2D eigenvalue weighted by Crippen LogP contribution is -2.64. The van der Waals surface area contributed by atoms with Gasteiger partial charge in [0, 0.05) is 101 Å². The summed E-state index contributed by atoms with van der Waals surface area (Å²) in [6.07, 6.45) is 7.97. The third-order valence-electron chi connectivity index (χ3n) is 29.0. The molecule has 142 heavy (non-hydrogen) atoms. The number of carbonyl (C=O) groups is 15. The number of methoxy groups -OCH3 is 3. The molecule has 5 rings (SSSR count). The number of ketones is 2. The van der Waals surface area contributed by atoms with Gasteiger partial charge >= 0.3 is 5.97 Å². The van der Waals surface area contributed by atoms with Crippen LogP contribution in [-0.2, 0) is 95.6 Å². The molecule has 12 amide bonds. The maximum atomic E-state index is 15.1. The number of amides is 12. The maximum Gasteiger partial charge on any atom is 0.329 e. The summed E-state index contributed by atoms with van der Waals surface area (Å²) in [7, 11) is 14.5. The Morgan fingerprint density at radius 3 is 1.61 bits per heavy atom. The van der Waals surface area contributed by atoms with Crippen molar-refractivity contribution in [1.29, 1.82) is 0 Å².